The first-order valence-corrected chi connectivity index (χ1v) is 4.71. The van der Waals surface area contributed by atoms with Crippen LogP contribution in [-0.2, 0) is 4.79 Å². The lowest BCUT2D eigenvalue weighted by atomic mass is 9.97. The van der Waals surface area contributed by atoms with Crippen molar-refractivity contribution in [1.82, 2.24) is 5.32 Å². The van der Waals surface area contributed by atoms with Crippen LogP contribution in [0.1, 0.15) is 26.2 Å². The first-order chi connectivity index (χ1) is 5.77. The van der Waals surface area contributed by atoms with E-state index in [0.29, 0.717) is 12.0 Å². The number of hydrogen-bond acceptors (Lipinski definition) is 1. The Hall–Kier alpha value is -0.790. The minimum Gasteiger partial charge on any atom is -0.353 e. The maximum absolute atomic E-state index is 10.9. The largest absolute Gasteiger partial charge is 0.353 e. The number of fused-ring (bicyclic) bond motifs is 1. The molecule has 0 bridgehead atoms. The molecule has 1 amide bonds. The predicted molar refractivity (Wildman–Crippen MR) is 47.6 cm³/mol. The van der Waals surface area contributed by atoms with Crippen molar-refractivity contribution < 1.29 is 4.79 Å². The van der Waals surface area contributed by atoms with Crippen LogP contribution in [0.15, 0.2) is 12.2 Å². The van der Waals surface area contributed by atoms with Gasteiger partial charge >= 0.3 is 0 Å². The standard InChI is InChI=1S/C10H15NO/c1-7(12)11-10-6-5-8-3-2-4-9(8)10/h2-3,8-10H,4-6H2,1H3,(H,11,12)/t8-,9-,10?/m1/s1. The van der Waals surface area contributed by atoms with Gasteiger partial charge in [0.2, 0.25) is 5.91 Å². The van der Waals surface area contributed by atoms with Crippen molar-refractivity contribution in [2.45, 2.75) is 32.2 Å². The Morgan fingerprint density at radius 2 is 2.33 bits per heavy atom. The molecule has 2 nitrogen and oxygen atoms in total. The summed E-state index contributed by atoms with van der Waals surface area (Å²) >= 11 is 0. The van der Waals surface area contributed by atoms with E-state index < -0.39 is 0 Å². The average molecular weight is 165 g/mol. The van der Waals surface area contributed by atoms with Gasteiger partial charge in [0, 0.05) is 13.0 Å². The van der Waals surface area contributed by atoms with E-state index in [2.05, 4.69) is 17.5 Å². The molecule has 0 aromatic carbocycles. The van der Waals surface area contributed by atoms with Gasteiger partial charge in [0.25, 0.3) is 0 Å². The van der Waals surface area contributed by atoms with Crippen LogP contribution in [0.3, 0.4) is 0 Å². The van der Waals surface area contributed by atoms with Crippen molar-refractivity contribution in [3.63, 3.8) is 0 Å². The molecule has 2 rings (SSSR count). The molecule has 2 aliphatic rings. The van der Waals surface area contributed by atoms with E-state index in [1.807, 2.05) is 0 Å². The monoisotopic (exact) mass is 165 g/mol. The van der Waals surface area contributed by atoms with Crippen LogP contribution in [0.2, 0.25) is 0 Å². The van der Waals surface area contributed by atoms with Crippen molar-refractivity contribution in [2.75, 3.05) is 0 Å². The van der Waals surface area contributed by atoms with Crippen LogP contribution in [0.25, 0.3) is 0 Å². The summed E-state index contributed by atoms with van der Waals surface area (Å²) in [6, 6.07) is 0.447. The minimum absolute atomic E-state index is 0.118. The van der Waals surface area contributed by atoms with Crippen LogP contribution in [0.4, 0.5) is 0 Å². The SMILES string of the molecule is CC(=O)NC1CC[C@H]2C=CC[C@@H]12. The van der Waals surface area contributed by atoms with Crippen LogP contribution in [0, 0.1) is 11.8 Å². The molecule has 0 spiro atoms. The summed E-state index contributed by atoms with van der Waals surface area (Å²) < 4.78 is 0. The van der Waals surface area contributed by atoms with Gasteiger partial charge in [-0.1, -0.05) is 12.2 Å². The van der Waals surface area contributed by atoms with Gasteiger partial charge in [-0.05, 0) is 31.1 Å². The van der Waals surface area contributed by atoms with Gasteiger partial charge in [-0.3, -0.25) is 4.79 Å². The van der Waals surface area contributed by atoms with E-state index in [1.54, 1.807) is 6.92 Å². The lowest BCUT2D eigenvalue weighted by Gasteiger charge is -2.18. The number of nitrogens with one attached hydrogen (secondary N) is 1. The molecule has 1 unspecified atom stereocenters. The highest BCUT2D eigenvalue weighted by Crippen LogP contribution is 2.39. The van der Waals surface area contributed by atoms with Gasteiger partial charge < -0.3 is 5.32 Å². The summed E-state index contributed by atoms with van der Waals surface area (Å²) in [6.45, 7) is 1.61. The van der Waals surface area contributed by atoms with E-state index in [4.69, 9.17) is 0 Å². The zero-order valence-corrected chi connectivity index (χ0v) is 7.42. The van der Waals surface area contributed by atoms with Crippen LogP contribution in [-0.4, -0.2) is 11.9 Å². The molecule has 12 heavy (non-hydrogen) atoms. The number of allylic oxidation sites excluding steroid dienone is 2. The maximum atomic E-state index is 10.9. The molecule has 0 heterocycles. The van der Waals surface area contributed by atoms with Crippen molar-refractivity contribution in [3.8, 4) is 0 Å². The Bertz CT molecular complexity index is 222. The molecule has 0 aliphatic heterocycles. The van der Waals surface area contributed by atoms with E-state index in [0.717, 1.165) is 12.3 Å². The lowest BCUT2D eigenvalue weighted by molar-refractivity contribution is -0.119. The Morgan fingerprint density at radius 3 is 3.08 bits per heavy atom. The van der Waals surface area contributed by atoms with E-state index in [-0.39, 0.29) is 5.91 Å². The highest BCUT2D eigenvalue weighted by molar-refractivity contribution is 5.73. The third-order valence-electron chi connectivity index (χ3n) is 3.06. The fourth-order valence-corrected chi connectivity index (χ4v) is 2.53. The molecule has 1 N–H and O–H groups in total. The zero-order chi connectivity index (χ0) is 8.55. The molecule has 2 heteroatoms. The molecule has 2 aliphatic carbocycles. The summed E-state index contributed by atoms with van der Waals surface area (Å²) in [7, 11) is 0. The van der Waals surface area contributed by atoms with Crippen molar-refractivity contribution in [3.05, 3.63) is 12.2 Å². The highest BCUT2D eigenvalue weighted by atomic mass is 16.1. The fraction of sp³-hybridized carbons (Fsp3) is 0.700. The van der Waals surface area contributed by atoms with E-state index in [9.17, 15) is 4.79 Å². The lowest BCUT2D eigenvalue weighted by Crippen LogP contribution is -2.36. The normalized spacial score (nSPS) is 38.2. The van der Waals surface area contributed by atoms with Crippen molar-refractivity contribution in [2.24, 2.45) is 11.8 Å². The fourth-order valence-electron chi connectivity index (χ4n) is 2.53. The summed E-state index contributed by atoms with van der Waals surface area (Å²) in [5.74, 6) is 1.57. The topological polar surface area (TPSA) is 29.1 Å². The van der Waals surface area contributed by atoms with Crippen LogP contribution < -0.4 is 5.32 Å². The predicted octanol–water partition coefficient (Wildman–Crippen LogP) is 1.48. The first-order valence-electron chi connectivity index (χ1n) is 4.71. The molecular formula is C10H15NO. The van der Waals surface area contributed by atoms with Crippen LogP contribution in [0.5, 0.6) is 0 Å². The highest BCUT2D eigenvalue weighted by Gasteiger charge is 2.36. The third-order valence-corrected chi connectivity index (χ3v) is 3.06. The van der Waals surface area contributed by atoms with Crippen molar-refractivity contribution in [1.29, 1.82) is 0 Å². The molecule has 0 aromatic rings. The zero-order valence-electron chi connectivity index (χ0n) is 7.42. The van der Waals surface area contributed by atoms with Gasteiger partial charge in [0.1, 0.15) is 0 Å². The Morgan fingerprint density at radius 1 is 1.50 bits per heavy atom. The Balaban J connectivity index is 1.97. The van der Waals surface area contributed by atoms with Crippen molar-refractivity contribution >= 4 is 5.91 Å². The quantitative estimate of drug-likeness (QED) is 0.586. The molecule has 0 radical (unpaired) electrons. The molecule has 3 atom stereocenters. The summed E-state index contributed by atoms with van der Waals surface area (Å²) in [6.07, 6.45) is 8.15. The number of carbonyl (C=O) groups is 1. The van der Waals surface area contributed by atoms with Gasteiger partial charge in [0.05, 0.1) is 0 Å². The number of hydrogen-bond donors (Lipinski definition) is 1. The molecule has 0 aromatic heterocycles. The minimum atomic E-state index is 0.118. The van der Waals surface area contributed by atoms with Gasteiger partial charge in [-0.25, -0.2) is 0 Å². The van der Waals surface area contributed by atoms with Gasteiger partial charge in [-0.2, -0.15) is 0 Å². The first kappa shape index (κ1) is 7.84. The third kappa shape index (κ3) is 1.26. The second kappa shape index (κ2) is 2.92. The number of amides is 1. The molecule has 66 valence electrons. The van der Waals surface area contributed by atoms with Gasteiger partial charge in [-0.15, -0.1) is 0 Å². The smallest absolute Gasteiger partial charge is 0.217 e. The average Bonchev–Trinajstić information content (AvgIpc) is 2.52. The van der Waals surface area contributed by atoms with Gasteiger partial charge in [0.15, 0.2) is 0 Å². The number of rotatable bonds is 1. The van der Waals surface area contributed by atoms with E-state index in [1.165, 1.54) is 12.8 Å². The second-order valence-corrected chi connectivity index (χ2v) is 3.88. The molecule has 1 fully saturated rings. The Kier molecular flexibility index (Phi) is 1.91. The molecular weight excluding hydrogens is 150 g/mol. The molecule has 1 saturated carbocycles. The summed E-state index contributed by atoms with van der Waals surface area (Å²) in [5, 5.41) is 3.03. The second-order valence-electron chi connectivity index (χ2n) is 3.88. The van der Waals surface area contributed by atoms with E-state index >= 15 is 0 Å². The number of carbonyl (C=O) groups excluding carboxylic acids is 1. The summed E-state index contributed by atoms with van der Waals surface area (Å²) in [5.41, 5.74) is 0. The molecule has 0 saturated heterocycles. The van der Waals surface area contributed by atoms with Crippen LogP contribution >= 0.6 is 0 Å². The Labute approximate surface area is 73.0 Å². The summed E-state index contributed by atoms with van der Waals surface area (Å²) in [4.78, 5) is 10.9. The maximum Gasteiger partial charge on any atom is 0.217 e.